The predicted octanol–water partition coefficient (Wildman–Crippen LogP) is 2.50. The van der Waals surface area contributed by atoms with Crippen molar-refractivity contribution >= 4 is 17.3 Å². The minimum atomic E-state index is -0.613. The normalized spacial score (nSPS) is 16.5. The number of allylic oxidation sites excluding steroid dienone is 1. The van der Waals surface area contributed by atoms with Crippen LogP contribution in [0.3, 0.4) is 0 Å². The molecule has 23 heavy (non-hydrogen) atoms. The number of nitrogens with zero attached hydrogens (tertiary/aromatic N) is 3. The first-order valence-corrected chi connectivity index (χ1v) is 6.88. The third-order valence-corrected chi connectivity index (χ3v) is 3.95. The zero-order valence-corrected chi connectivity index (χ0v) is 12.6. The fourth-order valence-corrected chi connectivity index (χ4v) is 2.77. The number of benzene rings is 1. The van der Waals surface area contributed by atoms with E-state index in [0.29, 0.717) is 16.8 Å². The van der Waals surface area contributed by atoms with Gasteiger partial charge in [0.05, 0.1) is 10.8 Å². The van der Waals surface area contributed by atoms with Gasteiger partial charge in [-0.3, -0.25) is 15.2 Å². The van der Waals surface area contributed by atoms with Gasteiger partial charge >= 0.3 is 0 Å². The van der Waals surface area contributed by atoms with Gasteiger partial charge in [-0.1, -0.05) is 17.7 Å². The predicted molar refractivity (Wildman–Crippen MR) is 80.7 cm³/mol. The highest BCUT2D eigenvalue weighted by atomic mass is 35.5. The van der Waals surface area contributed by atoms with Crippen LogP contribution in [-0.4, -0.2) is 15.1 Å². The molecular formula is C14H10ClN5O3. The number of H-pyrrole nitrogens is 1. The zero-order chi connectivity index (χ0) is 16.7. The van der Waals surface area contributed by atoms with Crippen LogP contribution in [0.15, 0.2) is 29.7 Å². The van der Waals surface area contributed by atoms with Crippen LogP contribution in [0.25, 0.3) is 0 Å². The van der Waals surface area contributed by atoms with Crippen LogP contribution in [0.2, 0.25) is 5.02 Å². The van der Waals surface area contributed by atoms with Gasteiger partial charge in [0.2, 0.25) is 11.8 Å². The first-order valence-electron chi connectivity index (χ1n) is 6.50. The number of rotatable bonds is 2. The van der Waals surface area contributed by atoms with E-state index in [4.69, 9.17) is 22.1 Å². The number of hydrogen-bond donors (Lipinski definition) is 2. The number of hydrogen-bond acceptors (Lipinski definition) is 6. The second-order valence-electron chi connectivity index (χ2n) is 4.96. The Labute approximate surface area is 135 Å². The molecule has 1 aromatic carbocycles. The molecule has 1 aliphatic rings. The molecule has 0 radical (unpaired) electrons. The molecule has 116 valence electrons. The summed E-state index contributed by atoms with van der Waals surface area (Å²) in [7, 11) is 0. The van der Waals surface area contributed by atoms with Crippen LogP contribution >= 0.6 is 11.6 Å². The Hall–Kier alpha value is -3.05. The number of halogens is 1. The highest BCUT2D eigenvalue weighted by Gasteiger charge is 2.35. The number of nitrogens with two attached hydrogens (primary N) is 1. The molecule has 0 aliphatic carbocycles. The third kappa shape index (κ3) is 2.27. The molecule has 0 fully saturated rings. The molecule has 3 N–H and O–H groups in total. The molecule has 0 saturated carbocycles. The fraction of sp³-hybridized carbons (Fsp3) is 0.143. The summed E-state index contributed by atoms with van der Waals surface area (Å²) in [6.07, 6.45) is 0. The average molecular weight is 332 g/mol. The molecule has 0 saturated heterocycles. The second-order valence-corrected chi connectivity index (χ2v) is 5.37. The highest BCUT2D eigenvalue weighted by molar-refractivity contribution is 6.32. The summed E-state index contributed by atoms with van der Waals surface area (Å²) in [4.78, 5) is 10.5. The maximum absolute atomic E-state index is 11.1. The van der Waals surface area contributed by atoms with Crippen LogP contribution in [0.1, 0.15) is 22.7 Å². The lowest BCUT2D eigenvalue weighted by Gasteiger charge is -2.23. The van der Waals surface area contributed by atoms with Gasteiger partial charge in [-0.05, 0) is 18.6 Å². The van der Waals surface area contributed by atoms with Gasteiger partial charge in [0.1, 0.15) is 16.7 Å². The molecule has 2 aromatic rings. The molecule has 1 unspecified atom stereocenters. The largest absolute Gasteiger partial charge is 0.420 e. The van der Waals surface area contributed by atoms with E-state index in [1.54, 1.807) is 13.0 Å². The summed E-state index contributed by atoms with van der Waals surface area (Å²) in [6, 6.07) is 6.38. The van der Waals surface area contributed by atoms with Crippen LogP contribution in [0.5, 0.6) is 5.88 Å². The first-order chi connectivity index (χ1) is 10.9. The van der Waals surface area contributed by atoms with Gasteiger partial charge in [0.25, 0.3) is 5.69 Å². The molecule has 0 bridgehead atoms. The molecule has 3 rings (SSSR count). The Balaban J connectivity index is 2.25. The van der Waals surface area contributed by atoms with Gasteiger partial charge in [0.15, 0.2) is 0 Å². The first kappa shape index (κ1) is 14.9. The summed E-state index contributed by atoms with van der Waals surface area (Å²) < 4.78 is 5.34. The molecule has 2 heterocycles. The third-order valence-electron chi connectivity index (χ3n) is 3.63. The molecule has 1 aliphatic heterocycles. The quantitative estimate of drug-likeness (QED) is 0.642. The lowest BCUT2D eigenvalue weighted by Crippen LogP contribution is -2.21. The zero-order valence-electron chi connectivity index (χ0n) is 11.8. The van der Waals surface area contributed by atoms with E-state index < -0.39 is 10.8 Å². The van der Waals surface area contributed by atoms with E-state index in [1.807, 2.05) is 6.07 Å². The molecule has 1 atom stereocenters. The van der Waals surface area contributed by atoms with E-state index in [-0.39, 0.29) is 28.0 Å². The average Bonchev–Trinajstić information content (AvgIpc) is 2.87. The molecular weight excluding hydrogens is 322 g/mol. The van der Waals surface area contributed by atoms with E-state index in [1.165, 1.54) is 12.1 Å². The maximum Gasteiger partial charge on any atom is 0.288 e. The van der Waals surface area contributed by atoms with Crippen LogP contribution in [0, 0.1) is 28.4 Å². The van der Waals surface area contributed by atoms with Crippen molar-refractivity contribution in [1.82, 2.24) is 10.2 Å². The lowest BCUT2D eigenvalue weighted by atomic mass is 9.84. The number of nitro benzene ring substituents is 1. The van der Waals surface area contributed by atoms with Gasteiger partial charge in [-0.25, -0.2) is 0 Å². The fourth-order valence-electron chi connectivity index (χ4n) is 2.58. The number of fused-ring (bicyclic) bond motifs is 1. The second kappa shape index (κ2) is 5.30. The summed E-state index contributed by atoms with van der Waals surface area (Å²) in [5, 5.41) is 27.3. The van der Waals surface area contributed by atoms with Crippen molar-refractivity contribution in [3.8, 4) is 11.9 Å². The van der Waals surface area contributed by atoms with Crippen LogP contribution < -0.4 is 10.5 Å². The van der Waals surface area contributed by atoms with E-state index in [2.05, 4.69) is 10.2 Å². The number of nitrogens with one attached hydrogen (secondary N) is 1. The SMILES string of the molecule is Cc1[nH]nc2c1C(c1ccc(Cl)c([N+](=O)[O-])c1)C(C#N)=C(N)O2. The molecule has 1 aromatic heterocycles. The van der Waals surface area contributed by atoms with Crippen LogP contribution in [0.4, 0.5) is 5.69 Å². The van der Waals surface area contributed by atoms with E-state index in [9.17, 15) is 15.4 Å². The van der Waals surface area contributed by atoms with Gasteiger partial charge < -0.3 is 10.5 Å². The number of aromatic nitrogens is 2. The number of aromatic amines is 1. The Morgan fingerprint density at radius 3 is 2.96 bits per heavy atom. The highest BCUT2D eigenvalue weighted by Crippen LogP contribution is 2.43. The lowest BCUT2D eigenvalue weighted by molar-refractivity contribution is -0.384. The monoisotopic (exact) mass is 331 g/mol. The van der Waals surface area contributed by atoms with E-state index in [0.717, 1.165) is 0 Å². The molecule has 0 spiro atoms. The summed E-state index contributed by atoms with van der Waals surface area (Å²) >= 11 is 5.85. The Bertz CT molecular complexity index is 896. The summed E-state index contributed by atoms with van der Waals surface area (Å²) in [5.41, 5.74) is 7.52. The van der Waals surface area contributed by atoms with Crippen molar-refractivity contribution in [3.05, 3.63) is 61.6 Å². The minimum Gasteiger partial charge on any atom is -0.420 e. The maximum atomic E-state index is 11.1. The van der Waals surface area contributed by atoms with Gasteiger partial charge in [-0.2, -0.15) is 5.26 Å². The Morgan fingerprint density at radius 2 is 2.30 bits per heavy atom. The van der Waals surface area contributed by atoms with Gasteiger partial charge in [-0.15, -0.1) is 5.10 Å². The number of ether oxygens (including phenoxy) is 1. The summed E-state index contributed by atoms with van der Waals surface area (Å²) in [6.45, 7) is 1.77. The number of aryl methyl sites for hydroxylation is 1. The van der Waals surface area contributed by atoms with Crippen molar-refractivity contribution in [2.75, 3.05) is 0 Å². The Kier molecular flexibility index (Phi) is 3.42. The smallest absolute Gasteiger partial charge is 0.288 e. The molecule has 0 amide bonds. The number of nitriles is 1. The van der Waals surface area contributed by atoms with Crippen molar-refractivity contribution in [1.29, 1.82) is 5.26 Å². The summed E-state index contributed by atoms with van der Waals surface area (Å²) in [5.74, 6) is -0.436. The van der Waals surface area contributed by atoms with Gasteiger partial charge in [0, 0.05) is 17.3 Å². The van der Waals surface area contributed by atoms with Crippen molar-refractivity contribution in [2.24, 2.45) is 5.73 Å². The molecule has 8 nitrogen and oxygen atoms in total. The topological polar surface area (TPSA) is 131 Å². The van der Waals surface area contributed by atoms with Crippen molar-refractivity contribution in [2.45, 2.75) is 12.8 Å². The number of nitro groups is 1. The minimum absolute atomic E-state index is 0.0189. The molecule has 9 heteroatoms. The van der Waals surface area contributed by atoms with E-state index >= 15 is 0 Å². The van der Waals surface area contributed by atoms with Crippen molar-refractivity contribution < 1.29 is 9.66 Å². The standard InChI is InChI=1S/C14H10ClN5O3/c1-6-11-12(7-2-3-9(15)10(4-7)20(21)22)8(5-16)13(17)23-14(11)19-18-6/h2-4,12H,17H2,1H3,(H,18,19). The Morgan fingerprint density at radius 1 is 1.57 bits per heavy atom. The van der Waals surface area contributed by atoms with Crippen molar-refractivity contribution in [3.63, 3.8) is 0 Å². The van der Waals surface area contributed by atoms with Crippen LogP contribution in [-0.2, 0) is 0 Å².